The molecule has 0 atom stereocenters. The molecule has 0 spiro atoms. The van der Waals surface area contributed by atoms with Crippen molar-refractivity contribution in [2.45, 2.75) is 12.6 Å². The van der Waals surface area contributed by atoms with Crippen LogP contribution in [0.2, 0.25) is 5.02 Å². The third kappa shape index (κ3) is 4.80. The maximum absolute atomic E-state index is 13.6. The highest BCUT2D eigenvalue weighted by Gasteiger charge is 2.39. The second-order valence-electron chi connectivity index (χ2n) is 5.74. The summed E-state index contributed by atoms with van der Waals surface area (Å²) in [5.41, 5.74) is -0.609. The van der Waals surface area contributed by atoms with Crippen LogP contribution >= 0.6 is 11.6 Å². The van der Waals surface area contributed by atoms with Crippen molar-refractivity contribution in [2.24, 2.45) is 0 Å². The molecule has 10 heteroatoms. The number of anilines is 1. The number of benzene rings is 1. The Morgan fingerprint density at radius 3 is 2.54 bits per heavy atom. The van der Waals surface area contributed by atoms with Gasteiger partial charge in [-0.2, -0.15) is 18.3 Å². The van der Waals surface area contributed by atoms with Crippen LogP contribution in [0.15, 0.2) is 54.9 Å². The van der Waals surface area contributed by atoms with Gasteiger partial charge in [0.1, 0.15) is 0 Å². The molecule has 146 valence electrons. The van der Waals surface area contributed by atoms with E-state index in [4.69, 9.17) is 11.6 Å². The Morgan fingerprint density at radius 1 is 1.14 bits per heavy atom. The van der Waals surface area contributed by atoms with Crippen molar-refractivity contribution in [3.05, 3.63) is 71.3 Å². The molecule has 2 aromatic heterocycles. The van der Waals surface area contributed by atoms with Crippen LogP contribution in [0.3, 0.4) is 0 Å². The van der Waals surface area contributed by atoms with E-state index >= 15 is 0 Å². The lowest BCUT2D eigenvalue weighted by Gasteiger charge is -2.13. The molecule has 0 aliphatic carbocycles. The highest BCUT2D eigenvalue weighted by Crippen LogP contribution is 2.36. The maximum atomic E-state index is 13.6. The van der Waals surface area contributed by atoms with Crippen molar-refractivity contribution in [3.63, 3.8) is 0 Å². The number of pyridine rings is 1. The predicted octanol–water partition coefficient (Wildman–Crippen LogP) is 4.30. The number of alkyl halides is 3. The van der Waals surface area contributed by atoms with Crippen LogP contribution in [0.25, 0.3) is 5.69 Å². The summed E-state index contributed by atoms with van der Waals surface area (Å²) in [6.07, 6.45) is -1.71. The Labute approximate surface area is 163 Å². The number of carbonyl (C=O) groups excluding carboxylic acids is 1. The molecule has 2 amide bonds. The smallest absolute Gasteiger partial charge is 0.337 e. The van der Waals surface area contributed by atoms with Crippen LogP contribution in [0.1, 0.15) is 11.4 Å². The largest absolute Gasteiger partial charge is 0.435 e. The average molecular weight is 410 g/mol. The summed E-state index contributed by atoms with van der Waals surface area (Å²) in [5, 5.41) is 8.86. The zero-order valence-corrected chi connectivity index (χ0v) is 15.1. The summed E-state index contributed by atoms with van der Waals surface area (Å²) >= 11 is 5.77. The van der Waals surface area contributed by atoms with Crippen molar-refractivity contribution in [1.82, 2.24) is 20.1 Å². The highest BCUT2D eigenvalue weighted by molar-refractivity contribution is 6.30. The molecule has 0 unspecified atom stereocenters. The SMILES string of the molecule is O=C(NCCc1ccccn1)Nc1cnn(-c2ccc(Cl)cc2)c1C(F)(F)F. The molecule has 0 radical (unpaired) electrons. The first-order chi connectivity index (χ1) is 13.3. The molecular formula is C18H15ClF3N5O. The number of halogens is 4. The van der Waals surface area contributed by atoms with Crippen LogP contribution < -0.4 is 10.6 Å². The Balaban J connectivity index is 1.72. The number of amides is 2. The number of carbonyl (C=O) groups is 1. The van der Waals surface area contributed by atoms with Gasteiger partial charge in [-0.1, -0.05) is 17.7 Å². The molecule has 28 heavy (non-hydrogen) atoms. The Bertz CT molecular complexity index is 942. The number of nitrogens with zero attached hydrogens (tertiary/aromatic N) is 3. The summed E-state index contributed by atoms with van der Waals surface area (Å²) in [6.45, 7) is 0.218. The average Bonchev–Trinajstić information content (AvgIpc) is 3.07. The minimum atomic E-state index is -4.73. The second-order valence-corrected chi connectivity index (χ2v) is 6.18. The number of nitrogens with one attached hydrogen (secondary N) is 2. The van der Waals surface area contributed by atoms with Crippen LogP contribution in [-0.4, -0.2) is 27.3 Å². The van der Waals surface area contributed by atoms with E-state index in [-0.39, 0.29) is 12.2 Å². The van der Waals surface area contributed by atoms with Crippen molar-refractivity contribution < 1.29 is 18.0 Å². The molecule has 0 saturated heterocycles. The Kier molecular flexibility index (Phi) is 5.84. The fourth-order valence-electron chi connectivity index (χ4n) is 2.51. The normalized spacial score (nSPS) is 11.3. The number of urea groups is 1. The number of hydrogen-bond acceptors (Lipinski definition) is 3. The Morgan fingerprint density at radius 2 is 1.89 bits per heavy atom. The molecular weight excluding hydrogens is 395 g/mol. The van der Waals surface area contributed by atoms with Crippen LogP contribution in [0.5, 0.6) is 0 Å². The topological polar surface area (TPSA) is 71.8 Å². The Hall–Kier alpha value is -3.07. The minimum absolute atomic E-state index is 0.167. The second kappa shape index (κ2) is 8.30. The van der Waals surface area contributed by atoms with Crippen molar-refractivity contribution in [2.75, 3.05) is 11.9 Å². The van der Waals surface area contributed by atoms with Crippen molar-refractivity contribution in [1.29, 1.82) is 0 Å². The van der Waals surface area contributed by atoms with E-state index in [0.717, 1.165) is 11.9 Å². The van der Waals surface area contributed by atoms with Gasteiger partial charge in [0.15, 0.2) is 5.69 Å². The third-order valence-corrected chi connectivity index (χ3v) is 4.00. The van der Waals surface area contributed by atoms with E-state index in [2.05, 4.69) is 20.7 Å². The summed E-state index contributed by atoms with van der Waals surface area (Å²) < 4.78 is 41.4. The van der Waals surface area contributed by atoms with E-state index in [0.29, 0.717) is 16.1 Å². The first-order valence-electron chi connectivity index (χ1n) is 8.20. The monoisotopic (exact) mass is 409 g/mol. The summed E-state index contributed by atoms with van der Waals surface area (Å²) in [7, 11) is 0. The summed E-state index contributed by atoms with van der Waals surface area (Å²) in [5.74, 6) is 0. The third-order valence-electron chi connectivity index (χ3n) is 3.75. The van der Waals surface area contributed by atoms with Gasteiger partial charge in [0.25, 0.3) is 0 Å². The maximum Gasteiger partial charge on any atom is 0.435 e. The van der Waals surface area contributed by atoms with E-state index in [1.807, 2.05) is 6.07 Å². The van der Waals surface area contributed by atoms with Gasteiger partial charge >= 0.3 is 12.2 Å². The zero-order chi connectivity index (χ0) is 20.1. The lowest BCUT2D eigenvalue weighted by Crippen LogP contribution is -2.31. The molecule has 3 aromatic rings. The lowest BCUT2D eigenvalue weighted by atomic mass is 10.3. The van der Waals surface area contributed by atoms with Crippen LogP contribution in [0, 0.1) is 0 Å². The first-order valence-corrected chi connectivity index (χ1v) is 8.58. The zero-order valence-electron chi connectivity index (χ0n) is 14.4. The molecule has 3 rings (SSSR count). The molecule has 0 saturated carbocycles. The predicted molar refractivity (Wildman–Crippen MR) is 98.5 cm³/mol. The van der Waals surface area contributed by atoms with E-state index in [1.54, 1.807) is 18.3 Å². The van der Waals surface area contributed by atoms with Gasteiger partial charge in [-0.3, -0.25) is 4.98 Å². The van der Waals surface area contributed by atoms with Crippen molar-refractivity contribution in [3.8, 4) is 5.69 Å². The number of aromatic nitrogens is 3. The quantitative estimate of drug-likeness (QED) is 0.659. The molecule has 0 aliphatic heterocycles. The number of rotatable bonds is 5. The van der Waals surface area contributed by atoms with Gasteiger partial charge in [-0.25, -0.2) is 9.48 Å². The van der Waals surface area contributed by atoms with Crippen LogP contribution in [-0.2, 0) is 12.6 Å². The van der Waals surface area contributed by atoms with Gasteiger partial charge in [-0.15, -0.1) is 0 Å². The lowest BCUT2D eigenvalue weighted by molar-refractivity contribution is -0.142. The molecule has 0 aliphatic rings. The standard InChI is InChI=1S/C18H15ClF3N5O/c19-12-4-6-14(7-5-12)27-16(18(20,21)22)15(11-25-27)26-17(28)24-10-8-13-3-1-2-9-23-13/h1-7,9,11H,8,10H2,(H2,24,26,28). The highest BCUT2D eigenvalue weighted by atomic mass is 35.5. The fraction of sp³-hybridized carbons (Fsp3) is 0.167. The molecule has 1 aromatic carbocycles. The van der Waals surface area contributed by atoms with Crippen molar-refractivity contribution >= 4 is 23.3 Å². The molecule has 0 fully saturated rings. The van der Waals surface area contributed by atoms with E-state index in [1.165, 1.54) is 24.3 Å². The van der Waals surface area contributed by atoms with Gasteiger partial charge in [-0.05, 0) is 36.4 Å². The van der Waals surface area contributed by atoms with Crippen LogP contribution in [0.4, 0.5) is 23.7 Å². The van der Waals surface area contributed by atoms with Gasteiger partial charge in [0, 0.05) is 29.9 Å². The van der Waals surface area contributed by atoms with E-state index < -0.39 is 23.6 Å². The molecule has 6 nitrogen and oxygen atoms in total. The van der Waals surface area contributed by atoms with E-state index in [9.17, 15) is 18.0 Å². The first kappa shape index (κ1) is 19.7. The van der Waals surface area contributed by atoms with Gasteiger partial charge < -0.3 is 10.6 Å². The minimum Gasteiger partial charge on any atom is -0.337 e. The molecule has 2 N–H and O–H groups in total. The van der Waals surface area contributed by atoms with Gasteiger partial charge in [0.2, 0.25) is 0 Å². The number of hydrogen-bond donors (Lipinski definition) is 2. The molecule has 2 heterocycles. The van der Waals surface area contributed by atoms with Gasteiger partial charge in [0.05, 0.1) is 17.6 Å². The fourth-order valence-corrected chi connectivity index (χ4v) is 2.63. The summed E-state index contributed by atoms with van der Waals surface area (Å²) in [6, 6.07) is 10.3. The molecule has 0 bridgehead atoms. The summed E-state index contributed by atoms with van der Waals surface area (Å²) in [4.78, 5) is 16.1.